The number of carbonyl (C=O) groups excluding carboxylic acids is 2. The molecule has 2 aromatic rings. The van der Waals surface area contributed by atoms with Crippen LogP contribution in [0.15, 0.2) is 48.5 Å². The highest BCUT2D eigenvalue weighted by Gasteiger charge is 2.12. The third-order valence-electron chi connectivity index (χ3n) is 3.13. The Labute approximate surface area is 146 Å². The number of hydrazine groups is 1. The van der Waals surface area contributed by atoms with Crippen molar-refractivity contribution in [3.8, 4) is 11.5 Å². The van der Waals surface area contributed by atoms with Crippen molar-refractivity contribution >= 4 is 17.6 Å². The van der Waals surface area contributed by atoms with Gasteiger partial charge < -0.3 is 14.8 Å². The van der Waals surface area contributed by atoms with Gasteiger partial charge >= 0.3 is 6.03 Å². The van der Waals surface area contributed by atoms with Crippen molar-refractivity contribution in [2.45, 2.75) is 13.8 Å². The van der Waals surface area contributed by atoms with E-state index in [9.17, 15) is 9.59 Å². The summed E-state index contributed by atoms with van der Waals surface area (Å²) < 4.78 is 10.9. The molecule has 7 nitrogen and oxygen atoms in total. The van der Waals surface area contributed by atoms with E-state index in [1.165, 1.54) is 0 Å². The second-order valence-corrected chi connectivity index (χ2v) is 4.93. The van der Waals surface area contributed by atoms with Crippen molar-refractivity contribution in [1.82, 2.24) is 10.9 Å². The zero-order valence-electron chi connectivity index (χ0n) is 14.2. The highest BCUT2D eigenvalue weighted by Crippen LogP contribution is 2.28. The largest absolute Gasteiger partial charge is 0.490 e. The Hall–Kier alpha value is -3.22. The Morgan fingerprint density at radius 1 is 0.880 bits per heavy atom. The lowest BCUT2D eigenvalue weighted by atomic mass is 10.2. The first-order chi connectivity index (χ1) is 12.1. The predicted molar refractivity (Wildman–Crippen MR) is 94.8 cm³/mol. The fourth-order valence-electron chi connectivity index (χ4n) is 2.06. The van der Waals surface area contributed by atoms with Crippen LogP contribution in [0.1, 0.15) is 24.2 Å². The van der Waals surface area contributed by atoms with Gasteiger partial charge in [0.15, 0.2) is 11.5 Å². The van der Waals surface area contributed by atoms with Crippen LogP contribution in [0.4, 0.5) is 10.5 Å². The molecular weight excluding hydrogens is 322 g/mol. The summed E-state index contributed by atoms with van der Waals surface area (Å²) >= 11 is 0. The number of hydrogen-bond acceptors (Lipinski definition) is 4. The third kappa shape index (κ3) is 5.42. The number of benzene rings is 2. The quantitative estimate of drug-likeness (QED) is 0.704. The van der Waals surface area contributed by atoms with Gasteiger partial charge in [0.2, 0.25) is 0 Å². The summed E-state index contributed by atoms with van der Waals surface area (Å²) in [6.45, 7) is 4.65. The molecule has 0 radical (unpaired) electrons. The van der Waals surface area contributed by atoms with Gasteiger partial charge in [-0.05, 0) is 44.2 Å². The van der Waals surface area contributed by atoms with Crippen LogP contribution in [-0.2, 0) is 0 Å². The van der Waals surface area contributed by atoms with Crippen molar-refractivity contribution in [2.75, 3.05) is 18.5 Å². The molecule has 0 aromatic heterocycles. The second kappa shape index (κ2) is 9.17. The van der Waals surface area contributed by atoms with Crippen molar-refractivity contribution in [3.05, 3.63) is 54.1 Å². The lowest BCUT2D eigenvalue weighted by Gasteiger charge is -2.13. The van der Waals surface area contributed by atoms with E-state index >= 15 is 0 Å². The van der Waals surface area contributed by atoms with Crippen LogP contribution in [0, 0.1) is 0 Å². The molecule has 7 heteroatoms. The monoisotopic (exact) mass is 343 g/mol. The average molecular weight is 343 g/mol. The normalized spacial score (nSPS) is 9.84. The fourth-order valence-corrected chi connectivity index (χ4v) is 2.06. The smallest absolute Gasteiger partial charge is 0.337 e. The van der Waals surface area contributed by atoms with Crippen LogP contribution in [0.25, 0.3) is 0 Å². The molecule has 0 fully saturated rings. The lowest BCUT2D eigenvalue weighted by Crippen LogP contribution is -2.43. The van der Waals surface area contributed by atoms with E-state index in [-0.39, 0.29) is 0 Å². The summed E-state index contributed by atoms with van der Waals surface area (Å²) in [5, 5.41) is 2.60. The Kier molecular flexibility index (Phi) is 6.65. The number of urea groups is 1. The van der Waals surface area contributed by atoms with Crippen molar-refractivity contribution < 1.29 is 19.1 Å². The molecule has 2 aromatic carbocycles. The minimum absolute atomic E-state index is 0.340. The van der Waals surface area contributed by atoms with Crippen molar-refractivity contribution in [3.63, 3.8) is 0 Å². The lowest BCUT2D eigenvalue weighted by molar-refractivity contribution is 0.0937. The minimum Gasteiger partial charge on any atom is -0.490 e. The number of para-hydroxylation sites is 1. The van der Waals surface area contributed by atoms with Crippen LogP contribution in [0.3, 0.4) is 0 Å². The Morgan fingerprint density at radius 2 is 1.56 bits per heavy atom. The molecule has 0 aliphatic carbocycles. The number of hydrogen-bond donors (Lipinski definition) is 3. The van der Waals surface area contributed by atoms with Crippen LogP contribution in [0.5, 0.6) is 11.5 Å². The zero-order chi connectivity index (χ0) is 18.1. The number of ether oxygens (including phenoxy) is 2. The average Bonchev–Trinajstić information content (AvgIpc) is 2.62. The van der Waals surface area contributed by atoms with Crippen LogP contribution < -0.4 is 25.6 Å². The number of carbonyl (C=O) groups is 2. The molecular formula is C18H21N3O4. The van der Waals surface area contributed by atoms with E-state index in [1.807, 2.05) is 19.9 Å². The first-order valence-corrected chi connectivity index (χ1v) is 7.96. The van der Waals surface area contributed by atoms with Gasteiger partial charge in [-0.2, -0.15) is 0 Å². The third-order valence-corrected chi connectivity index (χ3v) is 3.13. The summed E-state index contributed by atoms with van der Waals surface area (Å²) in [6, 6.07) is 13.2. The van der Waals surface area contributed by atoms with Gasteiger partial charge in [-0.1, -0.05) is 18.2 Å². The van der Waals surface area contributed by atoms with Gasteiger partial charge in [-0.25, -0.2) is 10.2 Å². The first kappa shape index (κ1) is 18.1. The summed E-state index contributed by atoms with van der Waals surface area (Å²) in [5.41, 5.74) is 5.60. The maximum Gasteiger partial charge on any atom is 0.337 e. The minimum atomic E-state index is -0.546. The zero-order valence-corrected chi connectivity index (χ0v) is 14.2. The summed E-state index contributed by atoms with van der Waals surface area (Å²) in [4.78, 5) is 24.0. The van der Waals surface area contributed by atoms with Gasteiger partial charge in [0.05, 0.1) is 13.2 Å². The molecule has 0 bridgehead atoms. The molecule has 0 spiro atoms. The Balaban J connectivity index is 1.95. The number of nitrogens with one attached hydrogen (secondary N) is 3. The highest BCUT2D eigenvalue weighted by atomic mass is 16.5. The number of anilines is 1. The molecule has 0 atom stereocenters. The van der Waals surface area contributed by atoms with Crippen molar-refractivity contribution in [2.24, 2.45) is 0 Å². The number of amides is 3. The Bertz CT molecular complexity index is 720. The van der Waals surface area contributed by atoms with Crippen LogP contribution >= 0.6 is 0 Å². The highest BCUT2D eigenvalue weighted by molar-refractivity contribution is 5.97. The molecule has 3 N–H and O–H groups in total. The Morgan fingerprint density at radius 3 is 2.24 bits per heavy atom. The molecule has 0 heterocycles. The molecule has 3 amide bonds. The van der Waals surface area contributed by atoms with E-state index in [0.29, 0.717) is 36.0 Å². The first-order valence-electron chi connectivity index (χ1n) is 7.96. The topological polar surface area (TPSA) is 88.7 Å². The summed E-state index contributed by atoms with van der Waals surface area (Å²) in [6.07, 6.45) is 0. The molecule has 132 valence electrons. The summed E-state index contributed by atoms with van der Waals surface area (Å²) in [5.74, 6) is 0.577. The summed E-state index contributed by atoms with van der Waals surface area (Å²) in [7, 11) is 0. The van der Waals surface area contributed by atoms with Gasteiger partial charge in [0.25, 0.3) is 5.91 Å². The molecule has 25 heavy (non-hydrogen) atoms. The van der Waals surface area contributed by atoms with Crippen molar-refractivity contribution in [1.29, 1.82) is 0 Å². The molecule has 0 unspecified atom stereocenters. The predicted octanol–water partition coefficient (Wildman–Crippen LogP) is 2.95. The van der Waals surface area contributed by atoms with Gasteiger partial charge in [-0.15, -0.1) is 0 Å². The molecule has 0 saturated heterocycles. The fraction of sp³-hybridized carbons (Fsp3) is 0.222. The van der Waals surface area contributed by atoms with Gasteiger partial charge in [-0.3, -0.25) is 10.2 Å². The van der Waals surface area contributed by atoms with E-state index in [2.05, 4.69) is 16.2 Å². The van der Waals surface area contributed by atoms with Crippen LogP contribution in [0.2, 0.25) is 0 Å². The second-order valence-electron chi connectivity index (χ2n) is 4.93. The van der Waals surface area contributed by atoms with Gasteiger partial charge in [0, 0.05) is 11.3 Å². The molecule has 0 aliphatic heterocycles. The SMILES string of the molecule is CCOc1ccc(C(=O)NNC(=O)Nc2ccccc2)cc1OCC. The van der Waals surface area contributed by atoms with E-state index < -0.39 is 11.9 Å². The maximum absolute atomic E-state index is 12.2. The standard InChI is InChI=1S/C18H21N3O4/c1-3-24-15-11-10-13(12-16(15)25-4-2)17(22)20-21-18(23)19-14-8-6-5-7-9-14/h5-12H,3-4H2,1-2H3,(H,20,22)(H2,19,21,23). The van der Waals surface area contributed by atoms with Gasteiger partial charge in [0.1, 0.15) is 0 Å². The molecule has 0 aliphatic rings. The molecule has 0 saturated carbocycles. The van der Waals surface area contributed by atoms with Crippen LogP contribution in [-0.4, -0.2) is 25.2 Å². The number of rotatable bonds is 6. The van der Waals surface area contributed by atoms with E-state index in [0.717, 1.165) is 0 Å². The van der Waals surface area contributed by atoms with E-state index in [4.69, 9.17) is 9.47 Å². The maximum atomic E-state index is 12.2. The van der Waals surface area contributed by atoms with E-state index in [1.54, 1.807) is 42.5 Å². The molecule has 2 rings (SSSR count).